The van der Waals surface area contributed by atoms with Gasteiger partial charge in [-0.05, 0) is 40.7 Å². The standard InChI is InChI=1S/C25H36N6O6/c1-23(2,3)37-22(32)30-12-25(13-30)11-29(8-9-33-25)10-16-17-18(36-24(4,5)35-17)21(34-16)31-7-6-15-19(26)27-14-28-20(15)31/h6-7,14,16-18,21H,8-13H2,1-5H3,(H2,26,27,28)/t16-,17-,18-,21-/m1/s1. The number of rotatable bonds is 3. The van der Waals surface area contributed by atoms with Crippen LogP contribution in [0.1, 0.15) is 40.8 Å². The normalized spacial score (nSPS) is 31.0. The smallest absolute Gasteiger partial charge is 0.410 e. The minimum atomic E-state index is -0.722. The molecule has 4 aliphatic heterocycles. The number of aromatic nitrogens is 3. The van der Waals surface area contributed by atoms with Crippen molar-refractivity contribution in [3.63, 3.8) is 0 Å². The Morgan fingerprint density at radius 2 is 1.95 bits per heavy atom. The Balaban J connectivity index is 1.16. The fraction of sp³-hybridized carbons (Fsp3) is 0.720. The molecule has 0 aliphatic carbocycles. The number of morpholine rings is 1. The molecule has 0 bridgehead atoms. The second-order valence-electron chi connectivity index (χ2n) is 12.0. The first kappa shape index (κ1) is 24.8. The average Bonchev–Trinajstić information content (AvgIpc) is 3.43. The largest absolute Gasteiger partial charge is 0.444 e. The molecule has 0 unspecified atom stereocenters. The van der Waals surface area contributed by atoms with Gasteiger partial charge in [-0.2, -0.15) is 0 Å². The summed E-state index contributed by atoms with van der Waals surface area (Å²) >= 11 is 0. The average molecular weight is 517 g/mol. The molecule has 202 valence electrons. The number of fused-ring (bicyclic) bond motifs is 2. The molecule has 2 aromatic heterocycles. The van der Waals surface area contributed by atoms with Gasteiger partial charge in [-0.25, -0.2) is 14.8 Å². The summed E-state index contributed by atoms with van der Waals surface area (Å²) in [6.45, 7) is 13.2. The molecule has 12 heteroatoms. The fourth-order valence-electron chi connectivity index (χ4n) is 5.86. The molecule has 0 aromatic carbocycles. The van der Waals surface area contributed by atoms with E-state index in [1.807, 2.05) is 51.4 Å². The van der Waals surface area contributed by atoms with Crippen LogP contribution in [0.2, 0.25) is 0 Å². The number of likely N-dealkylation sites (tertiary alicyclic amines) is 1. The zero-order valence-corrected chi connectivity index (χ0v) is 22.0. The van der Waals surface area contributed by atoms with Crippen LogP contribution in [0.3, 0.4) is 0 Å². The molecule has 1 amide bonds. The van der Waals surface area contributed by atoms with E-state index in [1.54, 1.807) is 4.90 Å². The number of amides is 1. The van der Waals surface area contributed by atoms with E-state index in [1.165, 1.54) is 6.33 Å². The van der Waals surface area contributed by atoms with Crippen molar-refractivity contribution < 1.29 is 28.5 Å². The lowest BCUT2D eigenvalue weighted by Gasteiger charge is -2.53. The first-order valence-electron chi connectivity index (χ1n) is 12.8. The molecule has 12 nitrogen and oxygen atoms in total. The third kappa shape index (κ3) is 4.54. The van der Waals surface area contributed by atoms with Gasteiger partial charge in [0.05, 0.1) is 25.1 Å². The summed E-state index contributed by atoms with van der Waals surface area (Å²) < 4.78 is 32.9. The van der Waals surface area contributed by atoms with Crippen molar-refractivity contribution in [1.82, 2.24) is 24.3 Å². The van der Waals surface area contributed by atoms with Crippen molar-refractivity contribution in [2.45, 2.75) is 76.1 Å². The van der Waals surface area contributed by atoms with E-state index >= 15 is 0 Å². The number of carbonyl (C=O) groups excluding carboxylic acids is 1. The second-order valence-corrected chi connectivity index (χ2v) is 12.0. The molecule has 6 rings (SSSR count). The molecular weight excluding hydrogens is 480 g/mol. The maximum absolute atomic E-state index is 12.4. The Morgan fingerprint density at radius 3 is 2.70 bits per heavy atom. The highest BCUT2D eigenvalue weighted by molar-refractivity contribution is 5.86. The quantitative estimate of drug-likeness (QED) is 0.645. The maximum atomic E-state index is 12.4. The summed E-state index contributed by atoms with van der Waals surface area (Å²) in [4.78, 5) is 25.0. The van der Waals surface area contributed by atoms with Crippen LogP contribution in [-0.4, -0.2) is 105 Å². The summed E-state index contributed by atoms with van der Waals surface area (Å²) in [6, 6.07) is 1.90. The minimum absolute atomic E-state index is 0.217. The van der Waals surface area contributed by atoms with E-state index in [4.69, 9.17) is 29.4 Å². The molecule has 0 saturated carbocycles. The van der Waals surface area contributed by atoms with Crippen LogP contribution < -0.4 is 5.73 Å². The molecule has 4 saturated heterocycles. The van der Waals surface area contributed by atoms with Gasteiger partial charge in [0.2, 0.25) is 0 Å². The van der Waals surface area contributed by atoms with Gasteiger partial charge in [-0.1, -0.05) is 0 Å². The Hall–Kier alpha value is -2.51. The monoisotopic (exact) mass is 516 g/mol. The number of nitrogen functional groups attached to an aromatic ring is 1. The summed E-state index contributed by atoms with van der Waals surface area (Å²) in [5.74, 6) is -0.293. The van der Waals surface area contributed by atoms with Crippen molar-refractivity contribution in [2.24, 2.45) is 0 Å². The number of hydrogen-bond acceptors (Lipinski definition) is 10. The molecule has 4 atom stereocenters. The molecule has 2 aromatic rings. The number of nitrogens with zero attached hydrogens (tertiary/aromatic N) is 5. The molecular formula is C25H36N6O6. The van der Waals surface area contributed by atoms with E-state index in [9.17, 15) is 4.79 Å². The summed E-state index contributed by atoms with van der Waals surface area (Å²) in [6.07, 6.45) is 1.91. The van der Waals surface area contributed by atoms with Crippen molar-refractivity contribution in [1.29, 1.82) is 0 Å². The molecule has 2 N–H and O–H groups in total. The third-order valence-electron chi connectivity index (χ3n) is 7.31. The van der Waals surface area contributed by atoms with Gasteiger partial charge in [0.1, 0.15) is 47.3 Å². The van der Waals surface area contributed by atoms with Crippen molar-refractivity contribution >= 4 is 22.9 Å². The molecule has 4 fully saturated rings. The van der Waals surface area contributed by atoms with Crippen molar-refractivity contribution in [3.05, 3.63) is 18.6 Å². The van der Waals surface area contributed by atoms with Gasteiger partial charge >= 0.3 is 6.09 Å². The van der Waals surface area contributed by atoms with Crippen LogP contribution >= 0.6 is 0 Å². The number of nitrogens with two attached hydrogens (primary N) is 1. The Kier molecular flexibility index (Phi) is 5.70. The highest BCUT2D eigenvalue weighted by atomic mass is 16.8. The molecule has 6 heterocycles. The van der Waals surface area contributed by atoms with E-state index in [0.29, 0.717) is 44.3 Å². The SMILES string of the molecule is CC(C)(C)OC(=O)N1CC2(CN(C[C@H]3O[C@@H](n4ccc5c(N)ncnc54)[C@@H]4OC(C)(C)O[C@@H]43)CCO2)C1. The highest BCUT2D eigenvalue weighted by Gasteiger charge is 2.57. The van der Waals surface area contributed by atoms with Crippen LogP contribution in [0.4, 0.5) is 10.6 Å². The summed E-state index contributed by atoms with van der Waals surface area (Å²) in [5.41, 5.74) is 5.85. The lowest BCUT2D eigenvalue weighted by atomic mass is 9.92. The third-order valence-corrected chi connectivity index (χ3v) is 7.31. The fourth-order valence-corrected chi connectivity index (χ4v) is 5.86. The van der Waals surface area contributed by atoms with E-state index < -0.39 is 17.6 Å². The number of carbonyl (C=O) groups is 1. The second kappa shape index (κ2) is 8.50. The van der Waals surface area contributed by atoms with Crippen LogP contribution in [-0.2, 0) is 23.7 Å². The first-order chi connectivity index (χ1) is 17.4. The van der Waals surface area contributed by atoms with E-state index in [0.717, 1.165) is 11.9 Å². The van der Waals surface area contributed by atoms with Gasteiger partial charge in [0.25, 0.3) is 0 Å². The highest BCUT2D eigenvalue weighted by Crippen LogP contribution is 2.44. The zero-order valence-electron chi connectivity index (χ0n) is 22.0. The Morgan fingerprint density at radius 1 is 1.19 bits per heavy atom. The topological polar surface area (TPSA) is 126 Å². The van der Waals surface area contributed by atoms with Crippen LogP contribution in [0.25, 0.3) is 11.0 Å². The summed E-state index contributed by atoms with van der Waals surface area (Å²) in [7, 11) is 0. The van der Waals surface area contributed by atoms with Gasteiger partial charge in [-0.15, -0.1) is 0 Å². The number of hydrogen-bond donors (Lipinski definition) is 1. The van der Waals surface area contributed by atoms with Crippen LogP contribution in [0.15, 0.2) is 18.6 Å². The van der Waals surface area contributed by atoms with E-state index in [-0.39, 0.29) is 30.0 Å². The summed E-state index contributed by atoms with van der Waals surface area (Å²) in [5, 5.41) is 0.777. The lowest BCUT2D eigenvalue weighted by Crippen LogP contribution is -2.71. The molecule has 1 spiro atoms. The zero-order chi connectivity index (χ0) is 26.2. The van der Waals surface area contributed by atoms with Gasteiger partial charge in [-0.3, -0.25) is 4.90 Å². The van der Waals surface area contributed by atoms with Crippen LogP contribution in [0.5, 0.6) is 0 Å². The van der Waals surface area contributed by atoms with Gasteiger partial charge in [0.15, 0.2) is 12.0 Å². The number of ether oxygens (including phenoxy) is 5. The molecule has 4 aliphatic rings. The van der Waals surface area contributed by atoms with Gasteiger partial charge < -0.3 is 38.9 Å². The first-order valence-corrected chi connectivity index (χ1v) is 12.8. The molecule has 37 heavy (non-hydrogen) atoms. The van der Waals surface area contributed by atoms with Crippen LogP contribution in [0, 0.1) is 0 Å². The van der Waals surface area contributed by atoms with Gasteiger partial charge in [0, 0.05) is 25.8 Å². The van der Waals surface area contributed by atoms with Crippen molar-refractivity contribution in [2.75, 3.05) is 45.1 Å². The lowest BCUT2D eigenvalue weighted by molar-refractivity contribution is -0.206. The predicted molar refractivity (Wildman–Crippen MR) is 133 cm³/mol. The molecule has 0 radical (unpaired) electrons. The Labute approximate surface area is 215 Å². The van der Waals surface area contributed by atoms with E-state index in [2.05, 4.69) is 14.9 Å². The minimum Gasteiger partial charge on any atom is -0.444 e. The Bertz CT molecular complexity index is 1190. The maximum Gasteiger partial charge on any atom is 0.410 e. The number of anilines is 1. The predicted octanol–water partition coefficient (Wildman–Crippen LogP) is 1.75. The van der Waals surface area contributed by atoms with Crippen molar-refractivity contribution in [3.8, 4) is 0 Å².